The highest BCUT2D eigenvalue weighted by molar-refractivity contribution is 5.76. The van der Waals surface area contributed by atoms with Gasteiger partial charge in [0.1, 0.15) is 0 Å². The monoisotopic (exact) mass is 306 g/mol. The number of aromatic nitrogens is 2. The van der Waals surface area contributed by atoms with Crippen LogP contribution in [0.2, 0.25) is 0 Å². The van der Waals surface area contributed by atoms with Gasteiger partial charge in [-0.1, -0.05) is 11.6 Å². The van der Waals surface area contributed by atoms with E-state index in [9.17, 15) is 4.79 Å². The van der Waals surface area contributed by atoms with Gasteiger partial charge < -0.3 is 15.2 Å². The van der Waals surface area contributed by atoms with Crippen LogP contribution in [-0.4, -0.2) is 40.1 Å². The van der Waals surface area contributed by atoms with Gasteiger partial charge in [0.15, 0.2) is 5.82 Å². The maximum Gasteiger partial charge on any atom is 0.223 e. The minimum atomic E-state index is 0.215. The summed E-state index contributed by atoms with van der Waals surface area (Å²) in [6, 6.07) is 0.215. The van der Waals surface area contributed by atoms with Crippen LogP contribution >= 0.6 is 0 Å². The zero-order chi connectivity index (χ0) is 15.5. The Morgan fingerprint density at radius 3 is 2.91 bits per heavy atom. The zero-order valence-electron chi connectivity index (χ0n) is 13.3. The molecular formula is C16H26N4O2. The summed E-state index contributed by atoms with van der Waals surface area (Å²) in [5.41, 5.74) is 6.09. The molecule has 1 aliphatic carbocycles. The van der Waals surface area contributed by atoms with Crippen molar-refractivity contribution in [2.45, 2.75) is 57.9 Å². The van der Waals surface area contributed by atoms with Gasteiger partial charge >= 0.3 is 0 Å². The molecule has 3 atom stereocenters. The molecule has 1 unspecified atom stereocenters. The van der Waals surface area contributed by atoms with Crippen LogP contribution in [0.15, 0.2) is 4.52 Å². The summed E-state index contributed by atoms with van der Waals surface area (Å²) >= 11 is 0. The lowest BCUT2D eigenvalue weighted by Gasteiger charge is -2.33. The van der Waals surface area contributed by atoms with Crippen molar-refractivity contribution in [3.05, 3.63) is 11.7 Å². The number of rotatable bonds is 4. The van der Waals surface area contributed by atoms with Crippen LogP contribution in [-0.2, 0) is 11.2 Å². The van der Waals surface area contributed by atoms with Crippen molar-refractivity contribution < 1.29 is 9.32 Å². The summed E-state index contributed by atoms with van der Waals surface area (Å²) < 4.78 is 5.03. The van der Waals surface area contributed by atoms with E-state index in [4.69, 9.17) is 10.3 Å². The van der Waals surface area contributed by atoms with E-state index in [0.717, 1.165) is 51.0 Å². The first-order chi connectivity index (χ1) is 10.6. The van der Waals surface area contributed by atoms with Gasteiger partial charge in [0.05, 0.1) is 0 Å². The highest BCUT2D eigenvalue weighted by Crippen LogP contribution is 2.28. The Balaban J connectivity index is 1.52. The van der Waals surface area contributed by atoms with Crippen molar-refractivity contribution in [3.8, 4) is 0 Å². The molecule has 122 valence electrons. The van der Waals surface area contributed by atoms with E-state index in [0.29, 0.717) is 24.1 Å². The molecule has 2 heterocycles. The Bertz CT molecular complexity index is 516. The molecule has 0 spiro atoms. The molecule has 3 rings (SSSR count). The molecule has 2 fully saturated rings. The van der Waals surface area contributed by atoms with E-state index < -0.39 is 0 Å². The lowest BCUT2D eigenvalue weighted by Crippen LogP contribution is -2.42. The Kier molecular flexibility index (Phi) is 4.76. The number of hydrogen-bond acceptors (Lipinski definition) is 5. The van der Waals surface area contributed by atoms with Crippen molar-refractivity contribution in [3.63, 3.8) is 0 Å². The molecule has 1 saturated heterocycles. The summed E-state index contributed by atoms with van der Waals surface area (Å²) in [5, 5.41) is 3.97. The second kappa shape index (κ2) is 6.77. The van der Waals surface area contributed by atoms with Crippen LogP contribution in [0.5, 0.6) is 0 Å². The number of nitrogens with two attached hydrogens (primary N) is 1. The van der Waals surface area contributed by atoms with E-state index in [1.807, 2.05) is 4.90 Å². The number of likely N-dealkylation sites (tertiary alicyclic amines) is 1. The van der Waals surface area contributed by atoms with E-state index in [1.165, 1.54) is 6.42 Å². The third-order valence-corrected chi connectivity index (χ3v) is 5.07. The average Bonchev–Trinajstić information content (AvgIpc) is 3.08. The topological polar surface area (TPSA) is 85.2 Å². The average molecular weight is 306 g/mol. The first kappa shape index (κ1) is 15.5. The second-order valence-corrected chi connectivity index (χ2v) is 6.84. The standard InChI is InChI=1S/C16H26N4O2/c1-11-18-15(19-22-11)8-12-4-3-7-20(10-12)16(21)9-13-5-2-6-14(13)17/h12-14H,2-10,17H2,1H3/t12?,13-,14+/m0/s1. The summed E-state index contributed by atoms with van der Waals surface area (Å²) in [6.45, 7) is 3.50. The molecule has 0 aromatic carbocycles. The molecule has 22 heavy (non-hydrogen) atoms. The van der Waals surface area contributed by atoms with Crippen molar-refractivity contribution in [1.82, 2.24) is 15.0 Å². The van der Waals surface area contributed by atoms with Gasteiger partial charge in [0.25, 0.3) is 0 Å². The van der Waals surface area contributed by atoms with Crippen LogP contribution in [0.25, 0.3) is 0 Å². The number of piperidine rings is 1. The molecule has 1 saturated carbocycles. The number of amides is 1. The fourth-order valence-corrected chi connectivity index (χ4v) is 3.81. The first-order valence-corrected chi connectivity index (χ1v) is 8.44. The molecule has 0 bridgehead atoms. The fraction of sp³-hybridized carbons (Fsp3) is 0.812. The van der Waals surface area contributed by atoms with Gasteiger partial charge in [-0.2, -0.15) is 4.98 Å². The van der Waals surface area contributed by atoms with E-state index >= 15 is 0 Å². The quantitative estimate of drug-likeness (QED) is 0.914. The van der Waals surface area contributed by atoms with Gasteiger partial charge in [0.2, 0.25) is 11.8 Å². The molecular weight excluding hydrogens is 280 g/mol. The molecule has 1 aromatic heterocycles. The predicted molar refractivity (Wildman–Crippen MR) is 82.0 cm³/mol. The summed E-state index contributed by atoms with van der Waals surface area (Å²) in [6.07, 6.45) is 6.94. The van der Waals surface area contributed by atoms with E-state index in [2.05, 4.69) is 10.1 Å². The summed E-state index contributed by atoms with van der Waals surface area (Å²) in [4.78, 5) is 18.8. The number of nitrogens with zero attached hydrogens (tertiary/aromatic N) is 3. The van der Waals surface area contributed by atoms with Gasteiger partial charge in [-0.3, -0.25) is 4.79 Å². The van der Waals surface area contributed by atoms with Crippen LogP contribution in [0.4, 0.5) is 0 Å². The van der Waals surface area contributed by atoms with Crippen LogP contribution < -0.4 is 5.73 Å². The van der Waals surface area contributed by atoms with Gasteiger partial charge in [-0.15, -0.1) is 0 Å². The maximum absolute atomic E-state index is 12.5. The number of hydrogen-bond donors (Lipinski definition) is 1. The third-order valence-electron chi connectivity index (χ3n) is 5.07. The fourth-order valence-electron chi connectivity index (χ4n) is 3.81. The summed E-state index contributed by atoms with van der Waals surface area (Å²) in [5.74, 6) is 2.46. The van der Waals surface area contributed by atoms with Crippen molar-refractivity contribution in [1.29, 1.82) is 0 Å². The van der Waals surface area contributed by atoms with Crippen LogP contribution in [0.1, 0.15) is 50.2 Å². The SMILES string of the molecule is Cc1nc(CC2CCCN(C(=O)C[C@@H]3CCC[C@H]3N)C2)no1. The van der Waals surface area contributed by atoms with E-state index in [-0.39, 0.29) is 11.9 Å². The minimum absolute atomic E-state index is 0.215. The van der Waals surface area contributed by atoms with Crippen LogP contribution in [0, 0.1) is 18.8 Å². The zero-order valence-corrected chi connectivity index (χ0v) is 13.3. The first-order valence-electron chi connectivity index (χ1n) is 8.44. The largest absolute Gasteiger partial charge is 0.342 e. The van der Waals surface area contributed by atoms with Crippen molar-refractivity contribution >= 4 is 5.91 Å². The second-order valence-electron chi connectivity index (χ2n) is 6.84. The Morgan fingerprint density at radius 1 is 1.36 bits per heavy atom. The van der Waals surface area contributed by atoms with E-state index in [1.54, 1.807) is 6.92 Å². The molecule has 0 radical (unpaired) electrons. The highest BCUT2D eigenvalue weighted by atomic mass is 16.5. The summed E-state index contributed by atoms with van der Waals surface area (Å²) in [7, 11) is 0. The van der Waals surface area contributed by atoms with Gasteiger partial charge in [-0.25, -0.2) is 0 Å². The predicted octanol–water partition coefficient (Wildman–Crippen LogP) is 1.68. The highest BCUT2D eigenvalue weighted by Gasteiger charge is 2.30. The lowest BCUT2D eigenvalue weighted by atomic mass is 9.93. The number of carbonyl (C=O) groups excluding carboxylic acids is 1. The van der Waals surface area contributed by atoms with Crippen molar-refractivity contribution in [2.24, 2.45) is 17.6 Å². The smallest absolute Gasteiger partial charge is 0.223 e. The van der Waals surface area contributed by atoms with Crippen molar-refractivity contribution in [2.75, 3.05) is 13.1 Å². The number of aryl methyl sites for hydroxylation is 1. The van der Waals surface area contributed by atoms with Gasteiger partial charge in [-0.05, 0) is 37.5 Å². The molecule has 1 aliphatic heterocycles. The van der Waals surface area contributed by atoms with Crippen LogP contribution in [0.3, 0.4) is 0 Å². The molecule has 1 amide bonds. The molecule has 2 aliphatic rings. The molecule has 1 aromatic rings. The molecule has 6 nitrogen and oxygen atoms in total. The maximum atomic E-state index is 12.5. The Labute approximate surface area is 131 Å². The Morgan fingerprint density at radius 2 is 2.23 bits per heavy atom. The normalized spacial score (nSPS) is 29.0. The Hall–Kier alpha value is -1.43. The number of carbonyl (C=O) groups is 1. The molecule has 6 heteroatoms. The lowest BCUT2D eigenvalue weighted by molar-refractivity contribution is -0.134. The third kappa shape index (κ3) is 3.66. The van der Waals surface area contributed by atoms with Gasteiger partial charge in [0, 0.05) is 38.9 Å². The minimum Gasteiger partial charge on any atom is -0.342 e. The molecule has 2 N–H and O–H groups in total.